The Morgan fingerprint density at radius 3 is 2.48 bits per heavy atom. The van der Waals surface area contributed by atoms with Crippen LogP contribution in [0.25, 0.3) is 0 Å². The summed E-state index contributed by atoms with van der Waals surface area (Å²) in [5, 5.41) is 0.461. The smallest absolute Gasteiger partial charge is 0.162 e. The maximum Gasteiger partial charge on any atom is 0.162 e. The van der Waals surface area contributed by atoms with Gasteiger partial charge in [0.05, 0.1) is 6.04 Å². The number of halogens is 3. The van der Waals surface area contributed by atoms with Crippen molar-refractivity contribution in [1.82, 2.24) is 0 Å². The van der Waals surface area contributed by atoms with Gasteiger partial charge in [0.2, 0.25) is 0 Å². The van der Waals surface area contributed by atoms with E-state index in [1.165, 1.54) is 12.1 Å². The number of nitrogens with two attached hydrogens (primary N) is 1. The van der Waals surface area contributed by atoms with Crippen molar-refractivity contribution < 1.29 is 13.9 Å². The number of hydrogen-bond donors (Lipinski definition) is 1. The summed E-state index contributed by atoms with van der Waals surface area (Å²) in [5.41, 5.74) is 7.52. The van der Waals surface area contributed by atoms with Crippen molar-refractivity contribution in [3.63, 3.8) is 0 Å². The van der Waals surface area contributed by atoms with E-state index in [4.69, 9.17) is 26.8 Å². The van der Waals surface area contributed by atoms with Crippen LogP contribution in [0.3, 0.4) is 0 Å². The van der Waals surface area contributed by atoms with Crippen LogP contribution in [0.4, 0.5) is 4.39 Å². The third-order valence-electron chi connectivity index (χ3n) is 3.29. The molecule has 0 aromatic heterocycles. The van der Waals surface area contributed by atoms with Crippen LogP contribution in [-0.2, 0) is 0 Å². The van der Waals surface area contributed by atoms with Crippen LogP contribution >= 0.6 is 27.5 Å². The molecule has 1 heterocycles. The van der Waals surface area contributed by atoms with E-state index in [-0.39, 0.29) is 5.82 Å². The van der Waals surface area contributed by atoms with Gasteiger partial charge in [-0.25, -0.2) is 4.39 Å². The minimum atomic E-state index is -0.571. The van der Waals surface area contributed by atoms with Crippen LogP contribution in [0.15, 0.2) is 34.8 Å². The van der Waals surface area contributed by atoms with E-state index in [2.05, 4.69) is 15.9 Å². The van der Waals surface area contributed by atoms with Crippen molar-refractivity contribution in [3.8, 4) is 11.5 Å². The molecule has 1 aliphatic heterocycles. The molecule has 0 bridgehead atoms. The molecule has 6 heteroatoms. The van der Waals surface area contributed by atoms with Gasteiger partial charge in [-0.05, 0) is 35.4 Å². The molecule has 1 atom stereocenters. The monoisotopic (exact) mass is 371 g/mol. The molecule has 0 spiro atoms. The molecule has 0 saturated heterocycles. The SMILES string of the molecule is NC(c1cc2c(cc1Cl)OCCO2)c1cc(F)ccc1Br. The van der Waals surface area contributed by atoms with Crippen molar-refractivity contribution in [2.75, 3.05) is 13.2 Å². The minimum Gasteiger partial charge on any atom is -0.486 e. The molecule has 0 saturated carbocycles. The van der Waals surface area contributed by atoms with Crippen molar-refractivity contribution >= 4 is 27.5 Å². The predicted octanol–water partition coefficient (Wildman–Crippen LogP) is 4.06. The molecule has 0 aliphatic carbocycles. The highest BCUT2D eigenvalue weighted by Gasteiger charge is 2.21. The predicted molar refractivity (Wildman–Crippen MR) is 82.6 cm³/mol. The topological polar surface area (TPSA) is 44.5 Å². The summed E-state index contributed by atoms with van der Waals surface area (Å²) in [4.78, 5) is 0. The molecule has 0 fully saturated rings. The minimum absolute atomic E-state index is 0.350. The third kappa shape index (κ3) is 2.86. The summed E-state index contributed by atoms with van der Waals surface area (Å²) in [5.74, 6) is 0.849. The van der Waals surface area contributed by atoms with E-state index in [9.17, 15) is 4.39 Å². The van der Waals surface area contributed by atoms with Gasteiger partial charge in [0.25, 0.3) is 0 Å². The van der Waals surface area contributed by atoms with Crippen LogP contribution in [0.2, 0.25) is 5.02 Å². The second kappa shape index (κ2) is 5.83. The molecular formula is C15H12BrClFNO2. The lowest BCUT2D eigenvalue weighted by Gasteiger charge is -2.22. The molecule has 1 aliphatic rings. The summed E-state index contributed by atoms with van der Waals surface area (Å²) < 4.78 is 25.2. The summed E-state index contributed by atoms with van der Waals surface area (Å²) in [6, 6.07) is 7.24. The molecule has 2 N–H and O–H groups in total. The van der Waals surface area contributed by atoms with Crippen molar-refractivity contribution in [2.24, 2.45) is 5.73 Å². The molecule has 3 nitrogen and oxygen atoms in total. The van der Waals surface area contributed by atoms with Crippen molar-refractivity contribution in [3.05, 3.63) is 56.8 Å². The lowest BCUT2D eigenvalue weighted by Crippen LogP contribution is -2.18. The lowest BCUT2D eigenvalue weighted by molar-refractivity contribution is 0.171. The van der Waals surface area contributed by atoms with Gasteiger partial charge in [-0.3, -0.25) is 0 Å². The van der Waals surface area contributed by atoms with Crippen LogP contribution in [0.1, 0.15) is 17.2 Å². The zero-order valence-electron chi connectivity index (χ0n) is 10.9. The molecule has 1 unspecified atom stereocenters. The molecule has 0 amide bonds. The second-order valence-electron chi connectivity index (χ2n) is 4.66. The fraction of sp³-hybridized carbons (Fsp3) is 0.200. The number of hydrogen-bond acceptors (Lipinski definition) is 3. The summed E-state index contributed by atoms with van der Waals surface area (Å²) in [7, 11) is 0. The Hall–Kier alpha value is -1.30. The highest BCUT2D eigenvalue weighted by atomic mass is 79.9. The van der Waals surface area contributed by atoms with E-state index >= 15 is 0 Å². The number of fused-ring (bicyclic) bond motifs is 1. The van der Waals surface area contributed by atoms with E-state index in [1.807, 2.05) is 0 Å². The van der Waals surface area contributed by atoms with E-state index in [0.717, 1.165) is 4.47 Å². The van der Waals surface area contributed by atoms with Gasteiger partial charge < -0.3 is 15.2 Å². The second-order valence-corrected chi connectivity index (χ2v) is 5.92. The Balaban J connectivity index is 2.05. The van der Waals surface area contributed by atoms with E-state index in [1.54, 1.807) is 18.2 Å². The van der Waals surface area contributed by atoms with E-state index < -0.39 is 6.04 Å². The molecule has 21 heavy (non-hydrogen) atoms. The van der Waals surface area contributed by atoms with Crippen molar-refractivity contribution in [2.45, 2.75) is 6.04 Å². The van der Waals surface area contributed by atoms with E-state index in [0.29, 0.717) is 40.9 Å². The average molecular weight is 373 g/mol. The average Bonchev–Trinajstić information content (AvgIpc) is 2.48. The molecular weight excluding hydrogens is 361 g/mol. The molecule has 2 aromatic carbocycles. The van der Waals surface area contributed by atoms with Gasteiger partial charge >= 0.3 is 0 Å². The number of ether oxygens (including phenoxy) is 2. The first-order valence-corrected chi connectivity index (χ1v) is 7.53. The van der Waals surface area contributed by atoms with Crippen LogP contribution in [-0.4, -0.2) is 13.2 Å². The van der Waals surface area contributed by atoms with Crippen LogP contribution in [0, 0.1) is 5.82 Å². The summed E-state index contributed by atoms with van der Waals surface area (Å²) in [6.07, 6.45) is 0. The first-order chi connectivity index (χ1) is 10.1. The number of benzene rings is 2. The fourth-order valence-electron chi connectivity index (χ4n) is 2.24. The Morgan fingerprint density at radius 2 is 1.76 bits per heavy atom. The Bertz CT molecular complexity index is 696. The lowest BCUT2D eigenvalue weighted by atomic mass is 9.99. The molecule has 0 radical (unpaired) electrons. The third-order valence-corrected chi connectivity index (χ3v) is 4.34. The highest BCUT2D eigenvalue weighted by molar-refractivity contribution is 9.10. The maximum atomic E-state index is 13.4. The summed E-state index contributed by atoms with van der Waals surface area (Å²) in [6.45, 7) is 0.969. The van der Waals surface area contributed by atoms with Crippen LogP contribution in [0.5, 0.6) is 11.5 Å². The van der Waals surface area contributed by atoms with Gasteiger partial charge in [-0.2, -0.15) is 0 Å². The first kappa shape index (κ1) is 14.6. The summed E-state index contributed by atoms with van der Waals surface area (Å²) >= 11 is 9.66. The fourth-order valence-corrected chi connectivity index (χ4v) is 3.00. The maximum absolute atomic E-state index is 13.4. The van der Waals surface area contributed by atoms with Crippen molar-refractivity contribution in [1.29, 1.82) is 0 Å². The van der Waals surface area contributed by atoms with Gasteiger partial charge in [-0.1, -0.05) is 27.5 Å². The Kier molecular flexibility index (Phi) is 4.06. The zero-order valence-corrected chi connectivity index (χ0v) is 13.2. The standard InChI is InChI=1S/C15H12BrClFNO2/c16-11-2-1-8(18)5-9(11)15(19)10-6-13-14(7-12(10)17)21-4-3-20-13/h1-2,5-7,15H,3-4,19H2. The largest absolute Gasteiger partial charge is 0.486 e. The normalized spacial score (nSPS) is 14.9. The molecule has 3 rings (SSSR count). The van der Waals surface area contributed by atoms with Gasteiger partial charge in [0.15, 0.2) is 11.5 Å². The Morgan fingerprint density at radius 1 is 1.10 bits per heavy atom. The quantitative estimate of drug-likeness (QED) is 0.864. The van der Waals surface area contributed by atoms with Gasteiger partial charge in [0.1, 0.15) is 19.0 Å². The number of rotatable bonds is 2. The van der Waals surface area contributed by atoms with Crippen LogP contribution < -0.4 is 15.2 Å². The first-order valence-electron chi connectivity index (χ1n) is 6.36. The molecule has 110 valence electrons. The van der Waals surface area contributed by atoms with Gasteiger partial charge in [-0.15, -0.1) is 0 Å². The Labute approximate surface area is 134 Å². The van der Waals surface area contributed by atoms with Gasteiger partial charge in [0, 0.05) is 15.6 Å². The molecule has 2 aromatic rings. The highest BCUT2D eigenvalue weighted by Crippen LogP contribution is 2.39. The zero-order chi connectivity index (χ0) is 15.0.